The minimum atomic E-state index is -0.375. The fourth-order valence-electron chi connectivity index (χ4n) is 5.07. The van der Waals surface area contributed by atoms with Crippen molar-refractivity contribution in [3.63, 3.8) is 0 Å². The van der Waals surface area contributed by atoms with Crippen molar-refractivity contribution < 1.29 is 9.72 Å². The molecule has 0 radical (unpaired) electrons. The molecule has 3 aromatic rings. The predicted octanol–water partition coefficient (Wildman–Crippen LogP) is 5.97. The molecule has 3 atom stereocenters. The molecule has 2 N–H and O–H groups in total. The number of allylic oxidation sites excluding steroid dienone is 2. The van der Waals surface area contributed by atoms with Crippen LogP contribution in [0.5, 0.6) is 0 Å². The normalized spacial score (nSPS) is 20.2. The summed E-state index contributed by atoms with van der Waals surface area (Å²) in [5.41, 5.74) is 7.44. The molecular formula is C28H27N3O3. The molecule has 1 aliphatic carbocycles. The van der Waals surface area contributed by atoms with Crippen molar-refractivity contribution >= 4 is 17.3 Å². The molecule has 34 heavy (non-hydrogen) atoms. The van der Waals surface area contributed by atoms with E-state index >= 15 is 0 Å². The Morgan fingerprint density at radius 2 is 1.85 bits per heavy atom. The van der Waals surface area contributed by atoms with E-state index in [0.29, 0.717) is 18.0 Å². The van der Waals surface area contributed by atoms with Crippen molar-refractivity contribution in [1.82, 2.24) is 5.32 Å². The Bertz CT molecular complexity index is 1300. The summed E-state index contributed by atoms with van der Waals surface area (Å²) < 4.78 is 0. The molecule has 5 rings (SSSR count). The number of aryl methyl sites for hydroxylation is 2. The van der Waals surface area contributed by atoms with Gasteiger partial charge in [0.05, 0.1) is 11.0 Å². The summed E-state index contributed by atoms with van der Waals surface area (Å²) in [5.74, 6) is 0.406. The topological polar surface area (TPSA) is 84.3 Å². The lowest BCUT2D eigenvalue weighted by Crippen LogP contribution is -2.30. The van der Waals surface area contributed by atoms with Crippen LogP contribution in [0.1, 0.15) is 56.6 Å². The lowest BCUT2D eigenvalue weighted by atomic mass is 9.76. The summed E-state index contributed by atoms with van der Waals surface area (Å²) in [6, 6.07) is 18.9. The van der Waals surface area contributed by atoms with E-state index in [0.717, 1.165) is 28.8 Å². The van der Waals surface area contributed by atoms with Gasteiger partial charge in [-0.25, -0.2) is 0 Å². The Hall–Kier alpha value is -3.93. The molecule has 1 aliphatic heterocycles. The van der Waals surface area contributed by atoms with Gasteiger partial charge in [0.25, 0.3) is 11.6 Å². The molecule has 1 heterocycles. The third-order valence-electron chi connectivity index (χ3n) is 7.11. The lowest BCUT2D eigenvalue weighted by Gasteiger charge is -2.37. The number of hydrogen-bond donors (Lipinski definition) is 2. The summed E-state index contributed by atoms with van der Waals surface area (Å²) in [7, 11) is 0. The van der Waals surface area contributed by atoms with Crippen molar-refractivity contribution in [3.8, 4) is 0 Å². The number of non-ortho nitro benzene ring substituents is 1. The van der Waals surface area contributed by atoms with Gasteiger partial charge in [0, 0.05) is 35.8 Å². The highest BCUT2D eigenvalue weighted by atomic mass is 16.6. The molecule has 0 bridgehead atoms. The average Bonchev–Trinajstić information content (AvgIpc) is 3.34. The van der Waals surface area contributed by atoms with E-state index in [1.165, 1.54) is 11.1 Å². The first kappa shape index (κ1) is 21.9. The van der Waals surface area contributed by atoms with Crippen LogP contribution < -0.4 is 10.6 Å². The Balaban J connectivity index is 1.36. The molecule has 0 saturated heterocycles. The maximum atomic E-state index is 12.9. The Kier molecular flexibility index (Phi) is 5.65. The minimum Gasteiger partial charge on any atom is -0.378 e. The fraction of sp³-hybridized carbons (Fsp3) is 0.250. The maximum absolute atomic E-state index is 12.9. The number of nitro groups is 1. The number of hydrogen-bond acceptors (Lipinski definition) is 4. The van der Waals surface area contributed by atoms with E-state index in [-0.39, 0.29) is 28.5 Å². The van der Waals surface area contributed by atoms with E-state index in [2.05, 4.69) is 48.8 Å². The summed E-state index contributed by atoms with van der Waals surface area (Å²) in [4.78, 5) is 23.6. The molecule has 6 nitrogen and oxygen atoms in total. The number of nitro benzene ring substituents is 1. The second-order valence-electron chi connectivity index (χ2n) is 9.23. The van der Waals surface area contributed by atoms with E-state index in [4.69, 9.17) is 0 Å². The maximum Gasteiger partial charge on any atom is 0.269 e. The second-order valence-corrected chi connectivity index (χ2v) is 9.23. The van der Waals surface area contributed by atoms with Crippen molar-refractivity contribution in [3.05, 3.63) is 116 Å². The zero-order valence-corrected chi connectivity index (χ0v) is 19.2. The minimum absolute atomic E-state index is 0.0535. The highest BCUT2D eigenvalue weighted by molar-refractivity contribution is 5.95. The molecule has 1 amide bonds. The molecule has 0 spiro atoms. The SMILES string of the molecule is Cc1ccc(CNC(=O)c2ccc3c(c2)[C@@H]2C=CC[C@@H]2[C@H](c2ccc([N+](=O)[O-])cc2)N3)cc1C. The smallest absolute Gasteiger partial charge is 0.269 e. The zero-order chi connectivity index (χ0) is 23.8. The van der Waals surface area contributed by atoms with Gasteiger partial charge in [-0.05, 0) is 72.2 Å². The van der Waals surface area contributed by atoms with Crippen molar-refractivity contribution in [2.75, 3.05) is 5.32 Å². The van der Waals surface area contributed by atoms with Gasteiger partial charge in [-0.1, -0.05) is 42.5 Å². The number of carbonyl (C=O) groups is 1. The Morgan fingerprint density at radius 1 is 1.06 bits per heavy atom. The zero-order valence-electron chi connectivity index (χ0n) is 19.2. The number of carbonyl (C=O) groups excluding carboxylic acids is 1. The first-order valence-electron chi connectivity index (χ1n) is 11.6. The molecule has 0 aromatic heterocycles. The van der Waals surface area contributed by atoms with Crippen LogP contribution in [0.4, 0.5) is 11.4 Å². The standard InChI is InChI=1S/C28H27N3O3/c1-17-6-7-19(14-18(17)2)16-29-28(32)21-10-13-26-25(15-21)23-4-3-5-24(23)27(30-26)20-8-11-22(12-9-20)31(33)34/h3-4,6-15,23-24,27,30H,5,16H2,1-2H3,(H,29,32)/t23-,24+,27+/m1/s1. The largest absolute Gasteiger partial charge is 0.378 e. The number of amides is 1. The molecule has 6 heteroatoms. The van der Waals surface area contributed by atoms with Gasteiger partial charge < -0.3 is 10.6 Å². The number of nitrogens with one attached hydrogen (secondary N) is 2. The van der Waals surface area contributed by atoms with Crippen molar-refractivity contribution in [2.45, 2.75) is 38.8 Å². The molecule has 3 aromatic carbocycles. The van der Waals surface area contributed by atoms with Crippen LogP contribution in [-0.4, -0.2) is 10.8 Å². The van der Waals surface area contributed by atoms with Crippen LogP contribution in [0.2, 0.25) is 0 Å². The van der Waals surface area contributed by atoms with Crippen LogP contribution in [0.15, 0.2) is 72.8 Å². The average molecular weight is 454 g/mol. The van der Waals surface area contributed by atoms with Crippen molar-refractivity contribution in [2.24, 2.45) is 5.92 Å². The summed E-state index contributed by atoms with van der Waals surface area (Å²) in [6.45, 7) is 4.64. The summed E-state index contributed by atoms with van der Waals surface area (Å²) in [5, 5.41) is 17.7. The van der Waals surface area contributed by atoms with E-state index in [1.54, 1.807) is 12.1 Å². The Morgan fingerprint density at radius 3 is 2.59 bits per heavy atom. The van der Waals surface area contributed by atoms with Crippen LogP contribution in [0.3, 0.4) is 0 Å². The highest BCUT2D eigenvalue weighted by Crippen LogP contribution is 2.50. The van der Waals surface area contributed by atoms with Gasteiger partial charge >= 0.3 is 0 Å². The van der Waals surface area contributed by atoms with E-state index in [9.17, 15) is 14.9 Å². The summed E-state index contributed by atoms with van der Waals surface area (Å²) >= 11 is 0. The summed E-state index contributed by atoms with van der Waals surface area (Å²) in [6.07, 6.45) is 5.33. The van der Waals surface area contributed by atoms with Crippen LogP contribution >= 0.6 is 0 Å². The lowest BCUT2D eigenvalue weighted by molar-refractivity contribution is -0.384. The number of anilines is 1. The number of fused-ring (bicyclic) bond motifs is 3. The fourth-order valence-corrected chi connectivity index (χ4v) is 5.07. The molecule has 0 saturated carbocycles. The van der Waals surface area contributed by atoms with Crippen LogP contribution in [0.25, 0.3) is 0 Å². The monoisotopic (exact) mass is 453 g/mol. The number of benzene rings is 3. The first-order valence-corrected chi connectivity index (χ1v) is 11.6. The highest BCUT2D eigenvalue weighted by Gasteiger charge is 2.38. The van der Waals surface area contributed by atoms with E-state index < -0.39 is 0 Å². The molecule has 172 valence electrons. The second kappa shape index (κ2) is 8.78. The van der Waals surface area contributed by atoms with Gasteiger partial charge in [-0.3, -0.25) is 14.9 Å². The number of rotatable bonds is 5. The quantitative estimate of drug-likeness (QED) is 0.283. The molecule has 0 unspecified atom stereocenters. The van der Waals surface area contributed by atoms with Gasteiger partial charge in [0.2, 0.25) is 0 Å². The van der Waals surface area contributed by atoms with Crippen LogP contribution in [-0.2, 0) is 6.54 Å². The van der Waals surface area contributed by atoms with E-state index in [1.807, 2.05) is 36.4 Å². The third kappa shape index (κ3) is 4.07. The Labute approximate surface area is 198 Å². The van der Waals surface area contributed by atoms with Gasteiger partial charge in [-0.15, -0.1) is 0 Å². The van der Waals surface area contributed by atoms with Crippen molar-refractivity contribution in [1.29, 1.82) is 0 Å². The first-order chi connectivity index (χ1) is 16.4. The third-order valence-corrected chi connectivity index (χ3v) is 7.11. The van der Waals surface area contributed by atoms with Gasteiger partial charge in [-0.2, -0.15) is 0 Å². The number of nitrogens with zero attached hydrogens (tertiary/aromatic N) is 1. The van der Waals surface area contributed by atoms with Crippen LogP contribution in [0, 0.1) is 29.9 Å². The van der Waals surface area contributed by atoms with Gasteiger partial charge in [0.1, 0.15) is 0 Å². The molecule has 2 aliphatic rings. The molecular weight excluding hydrogens is 426 g/mol. The molecule has 0 fully saturated rings. The predicted molar refractivity (Wildman–Crippen MR) is 133 cm³/mol. The van der Waals surface area contributed by atoms with Gasteiger partial charge in [0.15, 0.2) is 0 Å².